The lowest BCUT2D eigenvalue weighted by molar-refractivity contribution is -0.135. The molecular weight excluding hydrogens is 1460 g/mol. The molecule has 0 radical (unpaired) electrons. The van der Waals surface area contributed by atoms with E-state index in [0.717, 1.165) is 91.1 Å². The number of benzene rings is 1. The summed E-state index contributed by atoms with van der Waals surface area (Å²) in [5, 5.41) is 63.8. The second-order valence-electron chi connectivity index (χ2n) is 42.3. The van der Waals surface area contributed by atoms with Crippen LogP contribution in [-0.4, -0.2) is 264 Å². The summed E-state index contributed by atoms with van der Waals surface area (Å²) in [5.74, 6) is 1.55. The van der Waals surface area contributed by atoms with Crippen LogP contribution in [0.3, 0.4) is 0 Å². The van der Waals surface area contributed by atoms with Crippen LogP contribution in [0.2, 0.25) is 0 Å². The lowest BCUT2D eigenvalue weighted by Crippen LogP contribution is -2.53. The molecule has 1 amide bonds. The van der Waals surface area contributed by atoms with Crippen molar-refractivity contribution in [2.75, 3.05) is 130 Å². The van der Waals surface area contributed by atoms with Crippen molar-refractivity contribution >= 4 is 19.2 Å². The highest BCUT2D eigenvalue weighted by atomic mass is 31.2. The maximum absolute atomic E-state index is 12.5. The number of anilines is 1. The lowest BCUT2D eigenvalue weighted by Gasteiger charge is -2.54. The highest BCUT2D eigenvalue weighted by Crippen LogP contribution is 2.64. The van der Waals surface area contributed by atoms with Crippen molar-refractivity contribution in [2.45, 2.75) is 366 Å². The third-order valence-electron chi connectivity index (χ3n) is 23.4. The zero-order chi connectivity index (χ0) is 87.1. The number of carbonyl (C=O) groups is 1. The van der Waals surface area contributed by atoms with E-state index in [2.05, 4.69) is 202 Å². The van der Waals surface area contributed by atoms with E-state index in [4.69, 9.17) is 42.6 Å². The van der Waals surface area contributed by atoms with Crippen molar-refractivity contribution in [1.29, 1.82) is 0 Å². The molecule has 1 aromatic carbocycles. The monoisotopic (exact) mass is 1640 g/mol. The highest BCUT2D eigenvalue weighted by Gasteiger charge is 2.65. The number of aromatic hydroxyl groups is 1. The van der Waals surface area contributed by atoms with Crippen LogP contribution in [0.4, 0.5) is 5.69 Å². The van der Waals surface area contributed by atoms with Crippen molar-refractivity contribution in [3.05, 3.63) is 35.9 Å². The van der Waals surface area contributed by atoms with E-state index in [1.165, 1.54) is 36.9 Å². The summed E-state index contributed by atoms with van der Waals surface area (Å²) in [6.45, 7) is 75.6. The highest BCUT2D eigenvalue weighted by molar-refractivity contribution is 7.53. The van der Waals surface area contributed by atoms with E-state index in [1.807, 2.05) is 67.5 Å². The average molecular weight is 1640 g/mol. The minimum atomic E-state index is -3.18. The molecule has 8 N–H and O–H groups in total. The molecule has 5 fully saturated rings. The van der Waals surface area contributed by atoms with Crippen molar-refractivity contribution in [3.8, 4) is 5.75 Å². The van der Waals surface area contributed by atoms with Gasteiger partial charge in [0.15, 0.2) is 6.10 Å². The molecule has 2 aliphatic carbocycles. The first-order valence-corrected chi connectivity index (χ1v) is 45.4. The summed E-state index contributed by atoms with van der Waals surface area (Å²) in [4.78, 5) is 21.6. The Morgan fingerprint density at radius 2 is 1.09 bits per heavy atom. The Hall–Kier alpha value is -2.42. The molecule has 1 aromatic rings. The second kappa shape index (κ2) is 45.6. The molecule has 5 aliphatic heterocycles. The van der Waals surface area contributed by atoms with Crippen LogP contribution in [0.5, 0.6) is 5.75 Å². The molecular formula is C91H175N6O16P. The molecule has 0 aromatic heterocycles. The van der Waals surface area contributed by atoms with Gasteiger partial charge in [0.2, 0.25) is 0 Å². The van der Waals surface area contributed by atoms with E-state index < -0.39 is 13.7 Å². The molecule has 1 saturated carbocycles. The number of amides is 1. The molecule has 23 heteroatoms. The van der Waals surface area contributed by atoms with Crippen LogP contribution in [0.1, 0.15) is 278 Å². The van der Waals surface area contributed by atoms with E-state index in [1.54, 1.807) is 6.07 Å². The minimum absolute atomic E-state index is 0.0117. The number of nitrogens with one attached hydrogen (secondary N) is 2. The largest absolute Gasteiger partial charge is 0.508 e. The Balaban J connectivity index is 0.000000354. The second-order valence-corrected chi connectivity index (χ2v) is 44.5. The van der Waals surface area contributed by atoms with Crippen LogP contribution in [0.25, 0.3) is 0 Å². The number of hydrogen-bond donors (Lipinski definition) is 8. The van der Waals surface area contributed by atoms with Crippen LogP contribution in [0, 0.1) is 39.4 Å². The van der Waals surface area contributed by atoms with Gasteiger partial charge < -0.3 is 83.6 Å². The Labute approximate surface area is 695 Å². The summed E-state index contributed by atoms with van der Waals surface area (Å²) >= 11 is 0. The summed E-state index contributed by atoms with van der Waals surface area (Å²) in [6, 6.07) is 7.17. The van der Waals surface area contributed by atoms with Crippen molar-refractivity contribution in [2.24, 2.45) is 39.4 Å². The topological polar surface area (TPSA) is 266 Å². The lowest BCUT2D eigenvalue weighted by atomic mass is 9.50. The van der Waals surface area contributed by atoms with Gasteiger partial charge in [0, 0.05) is 126 Å². The quantitative estimate of drug-likeness (QED) is 0.0185. The number of aliphatic hydroxyl groups excluding tert-OH is 5. The van der Waals surface area contributed by atoms with Gasteiger partial charge in [-0.1, -0.05) is 26.0 Å². The zero-order valence-electron chi connectivity index (χ0n) is 78.2. The van der Waals surface area contributed by atoms with Gasteiger partial charge in [0.25, 0.3) is 5.91 Å². The Morgan fingerprint density at radius 1 is 0.579 bits per heavy atom. The molecule has 5 heterocycles. The number of aliphatic hydroxyl groups is 5. The molecule has 4 saturated heterocycles. The van der Waals surface area contributed by atoms with Gasteiger partial charge in [-0.25, -0.2) is 0 Å². The molecule has 7 aliphatic rings. The smallest absolute Gasteiger partial charge is 0.332 e. The van der Waals surface area contributed by atoms with Gasteiger partial charge in [-0.15, -0.1) is 0 Å². The normalized spacial score (nSPS) is 26.0. The third kappa shape index (κ3) is 33.8. The number of fused-ring (bicyclic) bond motifs is 5. The average Bonchev–Trinajstić information content (AvgIpc) is 1.55. The van der Waals surface area contributed by atoms with Crippen molar-refractivity contribution < 1.29 is 77.5 Å². The number of hydrogen-bond acceptors (Lipinski definition) is 21. The van der Waals surface area contributed by atoms with Crippen molar-refractivity contribution in [1.82, 2.24) is 25.3 Å². The first-order chi connectivity index (χ1) is 52.3. The number of allylic oxidation sites excluding steroid dienone is 2. The summed E-state index contributed by atoms with van der Waals surface area (Å²) < 4.78 is 57.3. The number of phenols is 1. The first kappa shape index (κ1) is 106. The van der Waals surface area contributed by atoms with Gasteiger partial charge in [0.05, 0.1) is 114 Å². The number of ether oxygens (including phenoxy) is 6. The van der Waals surface area contributed by atoms with Crippen LogP contribution >= 0.6 is 7.60 Å². The molecule has 8 rings (SSSR count). The Bertz CT molecular complexity index is 2980. The number of rotatable bonds is 33. The van der Waals surface area contributed by atoms with Gasteiger partial charge >= 0.3 is 7.60 Å². The third-order valence-corrected chi connectivity index (χ3v) is 25.3. The van der Waals surface area contributed by atoms with E-state index in [0.29, 0.717) is 74.5 Å². The Kier molecular flexibility index (Phi) is 42.3. The summed E-state index contributed by atoms with van der Waals surface area (Å²) in [6.07, 6.45) is 15.6. The van der Waals surface area contributed by atoms with E-state index in [9.17, 15) is 34.9 Å². The fourth-order valence-electron chi connectivity index (χ4n) is 17.1. The van der Waals surface area contributed by atoms with E-state index >= 15 is 0 Å². The molecule has 2 bridgehead atoms. The van der Waals surface area contributed by atoms with Gasteiger partial charge in [-0.05, 0) is 300 Å². The van der Waals surface area contributed by atoms with Gasteiger partial charge in [-0.2, -0.15) is 0 Å². The molecule has 114 heavy (non-hydrogen) atoms. The minimum Gasteiger partial charge on any atom is -0.508 e. The number of likely N-dealkylation sites (tertiary alicyclic amines) is 2. The zero-order valence-corrected chi connectivity index (χ0v) is 79.1. The molecule has 22 nitrogen and oxygen atoms in total. The molecule has 11 unspecified atom stereocenters. The predicted molar refractivity (Wildman–Crippen MR) is 467 cm³/mol. The molecule has 11 atom stereocenters. The standard InChI is InChI=1S/C17H33NO2.C17H31NO2.C16H25NO2.C15H29NO2.C13H30NO5P.C13H27NO3/c1-14(2,3)18-11-16(9-10-20-15(4,5)6)7-8-17(16,12-18)13-19;1-14(2)20-13-17-9-7-6-8-16(17,12-19)10-18(11-17)15(3,4)5;1-11(2)19-10-13-8-12-9-14(18)6-7-15(12)17(13)16(3,4)5;1-10(2)18-9-12-11(8-17)13-6-7-14(12)16(13)15(3,4)5;1-12(2)17-9-10-19-20(16,18-8-7-15)11-6-14-13(3,4)5;1-10(2)7-6-8-14-12(16)11(15)9-17-13(3,4)5/h19H,7-13H2,1-6H3;6-7,14,19H,8-13H2,1-5H3;6-7,9,11,13,18H,8,10H2,1-5H3;10-14,17H,6-9H2,1-5H3;12,14-15H,6-11H2,1-5H3;10-11,15H,6-9H2,1-5H3,(H,14,16). The first-order valence-electron chi connectivity index (χ1n) is 43.7. The van der Waals surface area contributed by atoms with Crippen LogP contribution in [0.15, 0.2) is 30.4 Å². The van der Waals surface area contributed by atoms with Crippen LogP contribution in [-0.2, 0) is 53.2 Å². The predicted octanol–water partition coefficient (Wildman–Crippen LogP) is 15.3. The van der Waals surface area contributed by atoms with Gasteiger partial charge in [-0.3, -0.25) is 24.1 Å². The Morgan fingerprint density at radius 3 is 1.56 bits per heavy atom. The molecule has 0 spiro atoms. The maximum Gasteiger partial charge on any atom is 0.332 e. The van der Waals surface area contributed by atoms with Crippen LogP contribution < -0.4 is 15.5 Å². The molecule has 670 valence electrons. The van der Waals surface area contributed by atoms with Gasteiger partial charge in [0.1, 0.15) is 5.75 Å². The summed E-state index contributed by atoms with van der Waals surface area (Å²) in [7, 11) is -3.18. The number of carbonyl (C=O) groups excluding carboxylic acids is 1. The van der Waals surface area contributed by atoms with Crippen molar-refractivity contribution in [3.63, 3.8) is 0 Å². The fourth-order valence-corrected chi connectivity index (χ4v) is 18.5. The number of nitrogens with zero attached hydrogens (tertiary/aromatic N) is 4. The van der Waals surface area contributed by atoms with E-state index in [-0.39, 0.29) is 130 Å². The summed E-state index contributed by atoms with van der Waals surface area (Å²) in [5.41, 5.74) is 3.00. The number of phenolic OH excluding ortho intramolecular Hbond substituents is 1. The SMILES string of the molecule is CC(C)(C)OCCC12CCC1(CO)CN(C(C)(C)C)C2.CC(C)CCCNC(=O)C(O)COC(C)(C)C.CC(C)OCC12CC=CCC1(CO)CN(C(C)(C)C)C2.CC(C)OCC1C(CO)C2CCC1N2C(C)(C)C.CC(C)OCC1Cc2cc(O)ccc2N1C(C)(C)C.CC(C)OCCOP(=O)(CCNC(C)(C)C)OCCO. The fraction of sp³-hybridized carbons (Fsp3) is 0.901. The maximum atomic E-state index is 12.5.